The second-order valence-corrected chi connectivity index (χ2v) is 4.40. The zero-order valence-electron chi connectivity index (χ0n) is 11.0. The molecule has 2 aromatic rings. The molecule has 0 aliphatic heterocycles. The number of nitrogens with zero attached hydrogens (tertiary/aromatic N) is 4. The summed E-state index contributed by atoms with van der Waals surface area (Å²) in [6.45, 7) is 5.89. The standard InChI is InChI=1S/C12H16ClN5/c1-5-9-11(14-4)15-6-16-12(9)18-8(3)10(13)7(2)17-18/h6H,5H2,1-4H3,(H,14,15,16). The monoisotopic (exact) mass is 265 g/mol. The van der Waals surface area contributed by atoms with E-state index in [-0.39, 0.29) is 0 Å². The molecule has 2 rings (SSSR count). The fourth-order valence-corrected chi connectivity index (χ4v) is 2.07. The summed E-state index contributed by atoms with van der Waals surface area (Å²) in [6.07, 6.45) is 2.35. The van der Waals surface area contributed by atoms with Crippen molar-refractivity contribution in [3.63, 3.8) is 0 Å². The SMILES string of the molecule is CCc1c(NC)ncnc1-n1nc(C)c(Cl)c1C. The van der Waals surface area contributed by atoms with Crippen molar-refractivity contribution >= 4 is 17.4 Å². The van der Waals surface area contributed by atoms with Crippen molar-refractivity contribution in [2.45, 2.75) is 27.2 Å². The van der Waals surface area contributed by atoms with Crippen molar-refractivity contribution in [1.29, 1.82) is 0 Å². The lowest BCUT2D eigenvalue weighted by Crippen LogP contribution is -2.09. The maximum absolute atomic E-state index is 6.18. The topological polar surface area (TPSA) is 55.6 Å². The van der Waals surface area contributed by atoms with Crippen molar-refractivity contribution in [1.82, 2.24) is 19.7 Å². The molecule has 0 saturated heterocycles. The number of halogens is 1. The lowest BCUT2D eigenvalue weighted by molar-refractivity contribution is 0.785. The molecule has 2 heterocycles. The van der Waals surface area contributed by atoms with Crippen LogP contribution in [0, 0.1) is 13.8 Å². The third kappa shape index (κ3) is 1.95. The molecule has 1 N–H and O–H groups in total. The van der Waals surface area contributed by atoms with Gasteiger partial charge < -0.3 is 5.32 Å². The minimum Gasteiger partial charge on any atom is -0.373 e. The minimum atomic E-state index is 0.682. The Morgan fingerprint density at radius 2 is 2.06 bits per heavy atom. The maximum Gasteiger partial charge on any atom is 0.162 e. The molecule has 18 heavy (non-hydrogen) atoms. The van der Waals surface area contributed by atoms with Crippen LogP contribution in [-0.2, 0) is 6.42 Å². The van der Waals surface area contributed by atoms with E-state index in [1.807, 2.05) is 20.9 Å². The van der Waals surface area contributed by atoms with Crippen LogP contribution in [0.2, 0.25) is 5.02 Å². The number of nitrogens with one attached hydrogen (secondary N) is 1. The lowest BCUT2D eigenvalue weighted by atomic mass is 10.2. The van der Waals surface area contributed by atoms with E-state index in [0.717, 1.165) is 35.0 Å². The highest BCUT2D eigenvalue weighted by Gasteiger charge is 2.16. The Labute approximate surface area is 111 Å². The van der Waals surface area contributed by atoms with Crippen LogP contribution >= 0.6 is 11.6 Å². The fraction of sp³-hybridized carbons (Fsp3) is 0.417. The number of rotatable bonds is 3. The van der Waals surface area contributed by atoms with Crippen molar-refractivity contribution < 1.29 is 0 Å². The van der Waals surface area contributed by atoms with E-state index in [0.29, 0.717) is 5.02 Å². The summed E-state index contributed by atoms with van der Waals surface area (Å²) in [4.78, 5) is 8.55. The Hall–Kier alpha value is -1.62. The van der Waals surface area contributed by atoms with Crippen LogP contribution in [0.3, 0.4) is 0 Å². The van der Waals surface area contributed by atoms with Gasteiger partial charge in [0.2, 0.25) is 0 Å². The molecule has 0 amide bonds. The smallest absolute Gasteiger partial charge is 0.162 e. The molecule has 0 spiro atoms. The van der Waals surface area contributed by atoms with Crippen LogP contribution in [0.25, 0.3) is 5.82 Å². The van der Waals surface area contributed by atoms with Gasteiger partial charge in [0.15, 0.2) is 5.82 Å². The quantitative estimate of drug-likeness (QED) is 0.927. The molecular formula is C12H16ClN5. The van der Waals surface area contributed by atoms with Crippen molar-refractivity contribution in [3.8, 4) is 5.82 Å². The summed E-state index contributed by atoms with van der Waals surface area (Å²) >= 11 is 6.18. The number of aryl methyl sites for hydroxylation is 1. The third-order valence-electron chi connectivity index (χ3n) is 2.92. The molecule has 0 aromatic carbocycles. The van der Waals surface area contributed by atoms with Crippen LogP contribution in [0.15, 0.2) is 6.33 Å². The molecule has 0 unspecified atom stereocenters. The van der Waals surface area contributed by atoms with Crippen molar-refractivity contribution in [3.05, 3.63) is 28.3 Å². The maximum atomic E-state index is 6.18. The number of aromatic nitrogens is 4. The molecule has 0 atom stereocenters. The summed E-state index contributed by atoms with van der Waals surface area (Å²) in [5, 5.41) is 8.19. The summed E-state index contributed by atoms with van der Waals surface area (Å²) in [5.41, 5.74) is 2.73. The molecule has 6 heteroatoms. The van der Waals surface area contributed by atoms with Crippen LogP contribution in [0.4, 0.5) is 5.82 Å². The van der Waals surface area contributed by atoms with Crippen molar-refractivity contribution in [2.24, 2.45) is 0 Å². The van der Waals surface area contributed by atoms with E-state index in [2.05, 4.69) is 27.3 Å². The first-order chi connectivity index (χ1) is 8.60. The fourth-order valence-electron chi connectivity index (χ4n) is 1.96. The highest BCUT2D eigenvalue weighted by atomic mass is 35.5. The summed E-state index contributed by atoms with van der Waals surface area (Å²) < 4.78 is 1.78. The first-order valence-corrected chi connectivity index (χ1v) is 6.21. The molecule has 0 saturated carbocycles. The van der Waals surface area contributed by atoms with Crippen molar-refractivity contribution in [2.75, 3.05) is 12.4 Å². The predicted octanol–water partition coefficient (Wildman–Crippen LogP) is 2.54. The Bertz CT molecular complexity index is 576. The predicted molar refractivity (Wildman–Crippen MR) is 72.6 cm³/mol. The Balaban J connectivity index is 2.67. The molecule has 0 fully saturated rings. The van der Waals surface area contributed by atoms with E-state index in [9.17, 15) is 0 Å². The molecule has 0 aliphatic carbocycles. The Morgan fingerprint density at radius 1 is 1.33 bits per heavy atom. The van der Waals surface area contributed by atoms with Gasteiger partial charge in [-0.2, -0.15) is 5.10 Å². The van der Waals surface area contributed by atoms with E-state index in [1.165, 1.54) is 6.33 Å². The van der Waals surface area contributed by atoms with Crippen LogP contribution in [0.5, 0.6) is 0 Å². The second kappa shape index (κ2) is 4.94. The van der Waals surface area contributed by atoms with Gasteiger partial charge in [0, 0.05) is 12.6 Å². The van der Waals surface area contributed by atoms with Gasteiger partial charge in [-0.15, -0.1) is 0 Å². The molecule has 2 aromatic heterocycles. The van der Waals surface area contributed by atoms with Crippen LogP contribution in [0.1, 0.15) is 23.9 Å². The molecule has 0 radical (unpaired) electrons. The van der Waals surface area contributed by atoms with Gasteiger partial charge in [-0.1, -0.05) is 18.5 Å². The van der Waals surface area contributed by atoms with Gasteiger partial charge in [-0.3, -0.25) is 0 Å². The van der Waals surface area contributed by atoms with Gasteiger partial charge >= 0.3 is 0 Å². The summed E-state index contributed by atoms with van der Waals surface area (Å²) in [6, 6.07) is 0. The number of hydrogen-bond donors (Lipinski definition) is 1. The normalized spacial score (nSPS) is 10.7. The Morgan fingerprint density at radius 3 is 2.56 bits per heavy atom. The molecule has 0 aliphatic rings. The number of anilines is 1. The molecule has 96 valence electrons. The van der Waals surface area contributed by atoms with E-state index in [4.69, 9.17) is 11.6 Å². The van der Waals surface area contributed by atoms with Gasteiger partial charge in [0.25, 0.3) is 0 Å². The zero-order chi connectivity index (χ0) is 13.3. The molecular weight excluding hydrogens is 250 g/mol. The van der Waals surface area contributed by atoms with E-state index < -0.39 is 0 Å². The number of hydrogen-bond acceptors (Lipinski definition) is 4. The van der Waals surface area contributed by atoms with Gasteiger partial charge in [0.05, 0.1) is 16.4 Å². The molecule has 5 nitrogen and oxygen atoms in total. The summed E-state index contributed by atoms with van der Waals surface area (Å²) in [7, 11) is 1.85. The van der Waals surface area contributed by atoms with Gasteiger partial charge in [-0.25, -0.2) is 14.6 Å². The molecule has 0 bridgehead atoms. The first-order valence-electron chi connectivity index (χ1n) is 5.83. The largest absolute Gasteiger partial charge is 0.373 e. The van der Waals surface area contributed by atoms with Gasteiger partial charge in [0.1, 0.15) is 12.1 Å². The highest BCUT2D eigenvalue weighted by Crippen LogP contribution is 2.25. The zero-order valence-corrected chi connectivity index (χ0v) is 11.7. The van der Waals surface area contributed by atoms with Gasteiger partial charge in [-0.05, 0) is 20.3 Å². The average Bonchev–Trinajstić information content (AvgIpc) is 2.65. The third-order valence-corrected chi connectivity index (χ3v) is 3.46. The lowest BCUT2D eigenvalue weighted by Gasteiger charge is -2.11. The van der Waals surface area contributed by atoms with Crippen LogP contribution < -0.4 is 5.32 Å². The highest BCUT2D eigenvalue weighted by molar-refractivity contribution is 6.31. The van der Waals surface area contributed by atoms with Crippen LogP contribution in [-0.4, -0.2) is 26.8 Å². The van der Waals surface area contributed by atoms with E-state index in [1.54, 1.807) is 4.68 Å². The minimum absolute atomic E-state index is 0.682. The first kappa shape index (κ1) is 12.8. The van der Waals surface area contributed by atoms with E-state index >= 15 is 0 Å². The Kier molecular flexibility index (Phi) is 3.52. The average molecular weight is 266 g/mol. The second-order valence-electron chi connectivity index (χ2n) is 4.02. The summed E-state index contributed by atoms with van der Waals surface area (Å²) in [5.74, 6) is 1.61.